The van der Waals surface area contributed by atoms with E-state index in [1.54, 1.807) is 0 Å². The Kier molecular flexibility index (Phi) is 5.56. The van der Waals surface area contributed by atoms with Crippen molar-refractivity contribution in [3.05, 3.63) is 0 Å². The first-order valence-corrected chi connectivity index (χ1v) is 13.6. The summed E-state index contributed by atoms with van der Waals surface area (Å²) >= 11 is 5.70. The lowest BCUT2D eigenvalue weighted by Crippen LogP contribution is -2.55. The number of hydrogen-bond donors (Lipinski definition) is 0. The normalized spacial score (nSPS) is 23.8. The molecule has 0 bridgehead atoms. The Morgan fingerprint density at radius 3 is 1.88 bits per heavy atom. The van der Waals surface area contributed by atoms with E-state index >= 15 is 0 Å². The van der Waals surface area contributed by atoms with Crippen LogP contribution in [-0.2, 0) is 0 Å². The molecule has 0 spiro atoms. The Hall–Kier alpha value is 0.684. The Morgan fingerprint density at radius 1 is 0.875 bits per heavy atom. The molecule has 1 aliphatic heterocycles. The monoisotopic (exact) mass is 277 g/mol. The minimum atomic E-state index is -1.00. The first kappa shape index (κ1) is 14.7. The highest BCUT2D eigenvalue weighted by Crippen LogP contribution is 2.36. The summed E-state index contributed by atoms with van der Waals surface area (Å²) in [5.41, 5.74) is 0. The van der Waals surface area contributed by atoms with Crippen LogP contribution >= 0.6 is 11.6 Å². The van der Waals surface area contributed by atoms with E-state index < -0.39 is 16.5 Å². The summed E-state index contributed by atoms with van der Waals surface area (Å²) in [6, 6.07) is 3.07. The van der Waals surface area contributed by atoms with Crippen molar-refractivity contribution >= 4 is 28.1 Å². The molecular formula is C12H28ClNSi2. The molecule has 96 valence electrons. The second-order valence-corrected chi connectivity index (χ2v) is 16.5. The summed E-state index contributed by atoms with van der Waals surface area (Å²) in [6.45, 7) is 11.6. The number of hydrogen-bond acceptors (Lipinski definition) is 1. The molecule has 0 saturated carbocycles. The van der Waals surface area contributed by atoms with Crippen LogP contribution in [0.4, 0.5) is 0 Å². The average molecular weight is 278 g/mol. The largest absolute Gasteiger partial charge is 0.345 e. The minimum Gasteiger partial charge on any atom is -0.345 e. The van der Waals surface area contributed by atoms with Crippen molar-refractivity contribution in [2.45, 2.75) is 64.0 Å². The van der Waals surface area contributed by atoms with Crippen LogP contribution in [0.1, 0.15) is 25.7 Å². The molecule has 0 N–H and O–H groups in total. The summed E-state index contributed by atoms with van der Waals surface area (Å²) in [7, 11) is -2.01. The van der Waals surface area contributed by atoms with Crippen molar-refractivity contribution in [2.75, 3.05) is 12.4 Å². The van der Waals surface area contributed by atoms with E-state index in [0.717, 1.165) is 5.88 Å². The smallest absolute Gasteiger partial charge is 0.115 e. The molecule has 1 saturated heterocycles. The summed E-state index contributed by atoms with van der Waals surface area (Å²) in [5, 5.41) is 0. The molecule has 1 fully saturated rings. The number of halogens is 1. The van der Waals surface area contributed by atoms with Gasteiger partial charge < -0.3 is 4.23 Å². The van der Waals surface area contributed by atoms with Gasteiger partial charge in [-0.15, -0.1) is 11.6 Å². The lowest BCUT2D eigenvalue weighted by atomic mass is 10.2. The maximum absolute atomic E-state index is 5.70. The topological polar surface area (TPSA) is 3.24 Å². The van der Waals surface area contributed by atoms with E-state index in [2.05, 4.69) is 30.4 Å². The van der Waals surface area contributed by atoms with E-state index in [1.807, 2.05) is 0 Å². The standard InChI is InChI=1S/C12H28ClNSi2/c1-15(2)11-12-16(3,4)14(15)10-8-6-5-7-9-13/h5-12H2,1-4H3. The minimum absolute atomic E-state index is 0.838. The van der Waals surface area contributed by atoms with Gasteiger partial charge in [0, 0.05) is 5.88 Å². The predicted octanol–water partition coefficient (Wildman–Crippen LogP) is 4.51. The fourth-order valence-electron chi connectivity index (χ4n) is 3.02. The lowest BCUT2D eigenvalue weighted by Gasteiger charge is -2.38. The third kappa shape index (κ3) is 3.86. The van der Waals surface area contributed by atoms with Gasteiger partial charge in [0.2, 0.25) is 0 Å². The number of rotatable bonds is 6. The molecule has 0 aliphatic carbocycles. The zero-order chi connectivity index (χ0) is 12.2. The number of alkyl halides is 1. The fraction of sp³-hybridized carbons (Fsp3) is 1.00. The molecule has 0 aromatic rings. The molecule has 1 nitrogen and oxygen atoms in total. The van der Waals surface area contributed by atoms with E-state index in [-0.39, 0.29) is 0 Å². The van der Waals surface area contributed by atoms with E-state index in [4.69, 9.17) is 11.6 Å². The third-order valence-corrected chi connectivity index (χ3v) is 14.8. The highest BCUT2D eigenvalue weighted by molar-refractivity contribution is 6.95. The first-order chi connectivity index (χ1) is 7.40. The van der Waals surface area contributed by atoms with Gasteiger partial charge in [-0.1, -0.05) is 39.0 Å². The molecule has 0 unspecified atom stereocenters. The van der Waals surface area contributed by atoms with Crippen LogP contribution in [-0.4, -0.2) is 33.1 Å². The van der Waals surface area contributed by atoms with Gasteiger partial charge in [-0.05, 0) is 31.5 Å². The van der Waals surface area contributed by atoms with Gasteiger partial charge in [-0.3, -0.25) is 0 Å². The number of nitrogens with zero attached hydrogens (tertiary/aromatic N) is 1. The Labute approximate surface area is 109 Å². The molecule has 1 rings (SSSR count). The maximum atomic E-state index is 5.70. The van der Waals surface area contributed by atoms with Crippen LogP contribution in [0.25, 0.3) is 0 Å². The van der Waals surface area contributed by atoms with Crippen molar-refractivity contribution in [1.82, 2.24) is 4.23 Å². The van der Waals surface area contributed by atoms with Gasteiger partial charge in [0.1, 0.15) is 16.5 Å². The Bertz CT molecular complexity index is 203. The zero-order valence-corrected chi connectivity index (χ0v) is 14.2. The average Bonchev–Trinajstić information content (AvgIpc) is 2.39. The molecule has 1 heterocycles. The van der Waals surface area contributed by atoms with Crippen LogP contribution in [0.3, 0.4) is 0 Å². The van der Waals surface area contributed by atoms with Crippen molar-refractivity contribution in [3.63, 3.8) is 0 Å². The predicted molar refractivity (Wildman–Crippen MR) is 80.5 cm³/mol. The van der Waals surface area contributed by atoms with Gasteiger partial charge in [0.15, 0.2) is 0 Å². The van der Waals surface area contributed by atoms with Crippen LogP contribution in [0, 0.1) is 0 Å². The molecule has 0 radical (unpaired) electrons. The second kappa shape index (κ2) is 6.03. The Balaban J connectivity index is 2.33. The van der Waals surface area contributed by atoms with Crippen molar-refractivity contribution in [2.24, 2.45) is 0 Å². The van der Waals surface area contributed by atoms with Crippen molar-refractivity contribution < 1.29 is 0 Å². The summed E-state index contributed by atoms with van der Waals surface area (Å²) in [5.74, 6) is 0.838. The SMILES string of the molecule is C[Si]1(C)CC[Si](C)(C)N1CCCCCCCl. The lowest BCUT2D eigenvalue weighted by molar-refractivity contribution is 0.553. The van der Waals surface area contributed by atoms with Crippen LogP contribution in [0.15, 0.2) is 0 Å². The van der Waals surface area contributed by atoms with Crippen LogP contribution in [0.5, 0.6) is 0 Å². The molecule has 0 atom stereocenters. The molecule has 0 aromatic carbocycles. The quantitative estimate of drug-likeness (QED) is 0.392. The van der Waals surface area contributed by atoms with E-state index in [1.165, 1.54) is 44.3 Å². The van der Waals surface area contributed by atoms with E-state index in [9.17, 15) is 0 Å². The number of unbranched alkanes of at least 4 members (excludes halogenated alkanes) is 3. The van der Waals surface area contributed by atoms with Gasteiger partial charge in [0.05, 0.1) is 0 Å². The molecule has 4 heteroatoms. The van der Waals surface area contributed by atoms with Crippen LogP contribution < -0.4 is 0 Å². The molecule has 0 aromatic heterocycles. The first-order valence-electron chi connectivity index (χ1n) is 6.74. The highest BCUT2D eigenvalue weighted by Gasteiger charge is 2.46. The highest BCUT2D eigenvalue weighted by atomic mass is 35.5. The third-order valence-electron chi connectivity index (χ3n) is 4.08. The summed E-state index contributed by atoms with van der Waals surface area (Å²) in [4.78, 5) is 0. The van der Waals surface area contributed by atoms with Gasteiger partial charge in [0.25, 0.3) is 0 Å². The van der Waals surface area contributed by atoms with Crippen LogP contribution in [0.2, 0.25) is 38.3 Å². The van der Waals surface area contributed by atoms with Crippen molar-refractivity contribution in [1.29, 1.82) is 0 Å². The zero-order valence-electron chi connectivity index (χ0n) is 11.5. The molecule has 16 heavy (non-hydrogen) atoms. The summed E-state index contributed by atoms with van der Waals surface area (Å²) in [6.07, 6.45) is 5.28. The van der Waals surface area contributed by atoms with Gasteiger partial charge in [-0.2, -0.15) is 0 Å². The fourth-order valence-corrected chi connectivity index (χ4v) is 17.4. The molecule has 1 aliphatic rings. The Morgan fingerprint density at radius 2 is 1.38 bits per heavy atom. The molecular weight excluding hydrogens is 250 g/mol. The molecule has 0 amide bonds. The maximum Gasteiger partial charge on any atom is 0.115 e. The summed E-state index contributed by atoms with van der Waals surface area (Å²) < 4.78 is 2.99. The van der Waals surface area contributed by atoms with Gasteiger partial charge >= 0.3 is 0 Å². The van der Waals surface area contributed by atoms with Crippen molar-refractivity contribution in [3.8, 4) is 0 Å². The van der Waals surface area contributed by atoms with E-state index in [0.29, 0.717) is 0 Å². The van der Waals surface area contributed by atoms with Gasteiger partial charge in [-0.25, -0.2) is 0 Å². The second-order valence-electron chi connectivity index (χ2n) is 6.38.